The SMILES string of the molecule is NCCCC(=O)CCSC(c1ccccc1)(c1ccccc1)c1ccccc1. The first-order chi connectivity index (χ1) is 13.8. The molecule has 0 radical (unpaired) electrons. The molecule has 0 aliphatic heterocycles. The molecule has 0 bridgehead atoms. The monoisotopic (exact) mass is 389 g/mol. The van der Waals surface area contributed by atoms with Gasteiger partial charge >= 0.3 is 0 Å². The maximum Gasteiger partial charge on any atom is 0.133 e. The lowest BCUT2D eigenvalue weighted by atomic mass is 9.84. The fourth-order valence-electron chi connectivity index (χ4n) is 3.51. The largest absolute Gasteiger partial charge is 0.330 e. The summed E-state index contributed by atoms with van der Waals surface area (Å²) in [5, 5.41) is 0. The second kappa shape index (κ2) is 10.3. The van der Waals surface area contributed by atoms with Crippen molar-refractivity contribution < 1.29 is 4.79 Å². The van der Waals surface area contributed by atoms with Crippen molar-refractivity contribution in [3.63, 3.8) is 0 Å². The van der Waals surface area contributed by atoms with Crippen molar-refractivity contribution in [2.75, 3.05) is 12.3 Å². The van der Waals surface area contributed by atoms with Crippen LogP contribution in [-0.2, 0) is 9.54 Å². The maximum absolute atomic E-state index is 12.2. The number of carbonyl (C=O) groups is 1. The van der Waals surface area contributed by atoms with Crippen LogP contribution in [-0.4, -0.2) is 18.1 Å². The fourth-order valence-corrected chi connectivity index (χ4v) is 5.05. The lowest BCUT2D eigenvalue weighted by Gasteiger charge is -2.35. The van der Waals surface area contributed by atoms with Crippen LogP contribution in [0.3, 0.4) is 0 Å². The van der Waals surface area contributed by atoms with Gasteiger partial charge in [-0.05, 0) is 29.7 Å². The minimum absolute atomic E-state index is 0.293. The third-order valence-electron chi connectivity index (χ3n) is 4.90. The first-order valence-corrected chi connectivity index (χ1v) is 10.8. The summed E-state index contributed by atoms with van der Waals surface area (Å²) in [5.74, 6) is 1.06. The summed E-state index contributed by atoms with van der Waals surface area (Å²) in [6.07, 6.45) is 1.91. The summed E-state index contributed by atoms with van der Waals surface area (Å²) in [5.41, 5.74) is 9.23. The Hall–Kier alpha value is -2.36. The van der Waals surface area contributed by atoms with Gasteiger partial charge in [0.15, 0.2) is 0 Å². The first-order valence-electron chi connectivity index (χ1n) is 9.79. The van der Waals surface area contributed by atoms with Crippen molar-refractivity contribution in [2.45, 2.75) is 24.0 Å². The van der Waals surface area contributed by atoms with Crippen LogP contribution in [0, 0.1) is 0 Å². The summed E-state index contributed by atoms with van der Waals surface area (Å²) in [4.78, 5) is 12.2. The normalized spacial score (nSPS) is 11.3. The van der Waals surface area contributed by atoms with Crippen molar-refractivity contribution in [2.24, 2.45) is 5.73 Å². The molecular formula is C25H27NOS. The molecule has 0 unspecified atom stereocenters. The van der Waals surface area contributed by atoms with Crippen LogP contribution in [0.2, 0.25) is 0 Å². The molecule has 0 atom stereocenters. The predicted octanol–water partition coefficient (Wildman–Crippen LogP) is 5.41. The lowest BCUT2D eigenvalue weighted by molar-refractivity contribution is -0.118. The van der Waals surface area contributed by atoms with Crippen molar-refractivity contribution >= 4 is 17.5 Å². The van der Waals surface area contributed by atoms with E-state index >= 15 is 0 Å². The molecular weight excluding hydrogens is 362 g/mol. The summed E-state index contributed by atoms with van der Waals surface area (Å²) < 4.78 is -0.349. The summed E-state index contributed by atoms with van der Waals surface area (Å²) in [6, 6.07) is 31.8. The van der Waals surface area contributed by atoms with Crippen LogP contribution >= 0.6 is 11.8 Å². The molecule has 3 aromatic rings. The fraction of sp³-hybridized carbons (Fsp3) is 0.240. The Morgan fingerprint density at radius 2 is 1.14 bits per heavy atom. The zero-order valence-corrected chi connectivity index (χ0v) is 16.9. The van der Waals surface area contributed by atoms with Gasteiger partial charge in [-0.15, -0.1) is 11.8 Å². The minimum atomic E-state index is -0.349. The molecule has 0 aliphatic rings. The van der Waals surface area contributed by atoms with Crippen LogP contribution in [0.25, 0.3) is 0 Å². The first kappa shape index (κ1) is 20.4. The van der Waals surface area contributed by atoms with Gasteiger partial charge in [0.2, 0.25) is 0 Å². The standard InChI is InChI=1S/C25H27NOS/c26-19-10-17-24(27)18-20-28-25(21-11-4-1-5-12-21,22-13-6-2-7-14-22)23-15-8-3-9-16-23/h1-9,11-16H,10,17-20,26H2. The van der Waals surface area contributed by atoms with E-state index in [9.17, 15) is 4.79 Å². The Balaban J connectivity index is 2.00. The van der Waals surface area contributed by atoms with Crippen molar-refractivity contribution in [1.29, 1.82) is 0 Å². The molecule has 28 heavy (non-hydrogen) atoms. The average molecular weight is 390 g/mol. The number of hydrogen-bond donors (Lipinski definition) is 1. The number of Topliss-reactive ketones (excluding diaryl/α,β-unsaturated/α-hetero) is 1. The van der Waals surface area contributed by atoms with E-state index in [4.69, 9.17) is 5.73 Å². The molecule has 3 rings (SSSR count). The minimum Gasteiger partial charge on any atom is -0.330 e. The van der Waals surface area contributed by atoms with E-state index < -0.39 is 0 Å². The van der Waals surface area contributed by atoms with Crippen LogP contribution in [0.15, 0.2) is 91.0 Å². The molecule has 2 nitrogen and oxygen atoms in total. The van der Waals surface area contributed by atoms with Crippen LogP contribution < -0.4 is 5.73 Å². The van der Waals surface area contributed by atoms with Crippen molar-refractivity contribution in [3.05, 3.63) is 108 Å². The van der Waals surface area contributed by atoms with Gasteiger partial charge in [-0.1, -0.05) is 91.0 Å². The number of carbonyl (C=O) groups excluding carboxylic acids is 1. The Morgan fingerprint density at radius 1 is 0.714 bits per heavy atom. The second-order valence-corrected chi connectivity index (χ2v) is 8.12. The van der Waals surface area contributed by atoms with Gasteiger partial charge in [-0.2, -0.15) is 0 Å². The van der Waals surface area contributed by atoms with E-state index in [1.165, 1.54) is 16.7 Å². The van der Waals surface area contributed by atoms with Gasteiger partial charge in [0.05, 0.1) is 4.75 Å². The predicted molar refractivity (Wildman–Crippen MR) is 120 cm³/mol. The van der Waals surface area contributed by atoms with Gasteiger partial charge in [0.25, 0.3) is 0 Å². The zero-order chi connectivity index (χ0) is 19.7. The topological polar surface area (TPSA) is 43.1 Å². The maximum atomic E-state index is 12.2. The molecule has 3 aromatic carbocycles. The molecule has 3 heteroatoms. The van der Waals surface area contributed by atoms with E-state index in [-0.39, 0.29) is 4.75 Å². The van der Waals surface area contributed by atoms with E-state index in [1.54, 1.807) is 0 Å². The number of nitrogens with two attached hydrogens (primary N) is 1. The van der Waals surface area contributed by atoms with E-state index in [0.29, 0.717) is 25.2 Å². The highest BCUT2D eigenvalue weighted by Gasteiger charge is 2.36. The number of hydrogen-bond acceptors (Lipinski definition) is 3. The molecule has 2 N–H and O–H groups in total. The average Bonchev–Trinajstić information content (AvgIpc) is 2.77. The Labute approximate surface area is 172 Å². The Morgan fingerprint density at radius 3 is 1.54 bits per heavy atom. The molecule has 0 amide bonds. The summed E-state index contributed by atoms with van der Waals surface area (Å²) in [6.45, 7) is 0.570. The van der Waals surface area contributed by atoms with Gasteiger partial charge in [-0.3, -0.25) is 4.79 Å². The van der Waals surface area contributed by atoms with Gasteiger partial charge < -0.3 is 5.73 Å². The van der Waals surface area contributed by atoms with Gasteiger partial charge in [-0.25, -0.2) is 0 Å². The highest BCUT2D eigenvalue weighted by molar-refractivity contribution is 8.00. The van der Waals surface area contributed by atoms with Gasteiger partial charge in [0, 0.05) is 18.6 Å². The Bertz CT molecular complexity index is 753. The Kier molecular flexibility index (Phi) is 7.46. The third-order valence-corrected chi connectivity index (χ3v) is 6.45. The second-order valence-electron chi connectivity index (χ2n) is 6.81. The van der Waals surface area contributed by atoms with Crippen LogP contribution in [0.1, 0.15) is 36.0 Å². The molecule has 0 heterocycles. The highest BCUT2D eigenvalue weighted by Crippen LogP contribution is 2.48. The molecule has 0 saturated heterocycles. The van der Waals surface area contributed by atoms with Crippen LogP contribution in [0.4, 0.5) is 0 Å². The quantitative estimate of drug-likeness (QED) is 0.472. The highest BCUT2D eigenvalue weighted by atomic mass is 32.2. The summed E-state index contributed by atoms with van der Waals surface area (Å²) in [7, 11) is 0. The van der Waals surface area contributed by atoms with Crippen LogP contribution in [0.5, 0.6) is 0 Å². The van der Waals surface area contributed by atoms with E-state index in [0.717, 1.165) is 12.2 Å². The third kappa shape index (κ3) is 4.73. The molecule has 0 spiro atoms. The van der Waals surface area contributed by atoms with Crippen molar-refractivity contribution in [1.82, 2.24) is 0 Å². The molecule has 0 aromatic heterocycles. The number of thioether (sulfide) groups is 1. The zero-order valence-electron chi connectivity index (χ0n) is 16.1. The van der Waals surface area contributed by atoms with Crippen molar-refractivity contribution in [3.8, 4) is 0 Å². The molecule has 0 aliphatic carbocycles. The van der Waals surface area contributed by atoms with E-state index in [1.807, 2.05) is 30.0 Å². The number of rotatable bonds is 10. The van der Waals surface area contributed by atoms with Gasteiger partial charge in [0.1, 0.15) is 5.78 Å². The molecule has 0 fully saturated rings. The summed E-state index contributed by atoms with van der Waals surface area (Å²) >= 11 is 1.84. The smallest absolute Gasteiger partial charge is 0.133 e. The molecule has 0 saturated carbocycles. The number of ketones is 1. The molecule has 144 valence electrons. The number of benzene rings is 3. The van der Waals surface area contributed by atoms with E-state index in [2.05, 4.69) is 72.8 Å². The lowest BCUT2D eigenvalue weighted by Crippen LogP contribution is -2.26.